The summed E-state index contributed by atoms with van der Waals surface area (Å²) in [5, 5.41) is 9.60. The lowest BCUT2D eigenvalue weighted by Gasteiger charge is -2.05. The van der Waals surface area contributed by atoms with E-state index in [4.69, 9.17) is 0 Å². The van der Waals surface area contributed by atoms with Gasteiger partial charge in [0, 0.05) is 24.4 Å². The van der Waals surface area contributed by atoms with Gasteiger partial charge in [0.2, 0.25) is 0 Å². The van der Waals surface area contributed by atoms with Gasteiger partial charge in [-0.05, 0) is 24.6 Å². The third-order valence-electron chi connectivity index (χ3n) is 2.14. The molecule has 0 spiro atoms. The fraction of sp³-hybridized carbons (Fsp3) is 0.182. The van der Waals surface area contributed by atoms with E-state index in [-0.39, 0.29) is 0 Å². The van der Waals surface area contributed by atoms with Crippen molar-refractivity contribution in [1.82, 2.24) is 0 Å². The van der Waals surface area contributed by atoms with Gasteiger partial charge in [0.05, 0.1) is 0 Å². The SMILES string of the molecule is Cc1ccc(O)c(C2=CN=CC2)c1. The summed E-state index contributed by atoms with van der Waals surface area (Å²) in [6, 6.07) is 5.61. The van der Waals surface area contributed by atoms with Crippen LogP contribution in [0, 0.1) is 6.92 Å². The summed E-state index contributed by atoms with van der Waals surface area (Å²) in [6.45, 7) is 2.01. The Morgan fingerprint density at radius 2 is 2.23 bits per heavy atom. The smallest absolute Gasteiger partial charge is 0.123 e. The van der Waals surface area contributed by atoms with E-state index < -0.39 is 0 Å². The first-order valence-corrected chi connectivity index (χ1v) is 4.28. The molecule has 0 unspecified atom stereocenters. The number of rotatable bonds is 1. The standard InChI is InChI=1S/C11H11NO/c1-8-2-3-11(13)10(6-8)9-4-5-12-7-9/h2-3,5-7,13H,4H2,1H3. The molecule has 1 aliphatic rings. The Bertz CT molecular complexity index is 391. The van der Waals surface area contributed by atoms with Crippen molar-refractivity contribution in [1.29, 1.82) is 0 Å². The molecule has 0 saturated heterocycles. The maximum absolute atomic E-state index is 9.60. The molecule has 0 radical (unpaired) electrons. The highest BCUT2D eigenvalue weighted by molar-refractivity contribution is 5.86. The van der Waals surface area contributed by atoms with Gasteiger partial charge in [-0.15, -0.1) is 0 Å². The van der Waals surface area contributed by atoms with Gasteiger partial charge in [-0.2, -0.15) is 0 Å². The highest BCUT2D eigenvalue weighted by atomic mass is 16.3. The minimum atomic E-state index is 0.336. The van der Waals surface area contributed by atoms with Crippen LogP contribution < -0.4 is 0 Å². The first kappa shape index (κ1) is 8.05. The number of nitrogens with zero attached hydrogens (tertiary/aromatic N) is 1. The molecule has 0 fully saturated rings. The highest BCUT2D eigenvalue weighted by Crippen LogP contribution is 2.29. The second-order valence-corrected chi connectivity index (χ2v) is 3.21. The molecule has 0 bridgehead atoms. The van der Waals surface area contributed by atoms with Crippen molar-refractivity contribution in [2.45, 2.75) is 13.3 Å². The molecule has 0 aromatic heterocycles. The van der Waals surface area contributed by atoms with Crippen molar-refractivity contribution >= 4 is 11.8 Å². The first-order chi connectivity index (χ1) is 6.27. The topological polar surface area (TPSA) is 32.6 Å². The van der Waals surface area contributed by atoms with Crippen LogP contribution in [-0.4, -0.2) is 11.3 Å². The van der Waals surface area contributed by atoms with E-state index in [0.717, 1.165) is 23.1 Å². The van der Waals surface area contributed by atoms with Crippen LogP contribution in [0.25, 0.3) is 5.57 Å². The largest absolute Gasteiger partial charge is 0.507 e. The summed E-state index contributed by atoms with van der Waals surface area (Å²) in [5.74, 6) is 0.336. The second-order valence-electron chi connectivity index (χ2n) is 3.21. The predicted molar refractivity (Wildman–Crippen MR) is 53.9 cm³/mol. The maximum atomic E-state index is 9.60. The van der Waals surface area contributed by atoms with Crippen LogP contribution in [0.15, 0.2) is 29.4 Å². The monoisotopic (exact) mass is 173 g/mol. The van der Waals surface area contributed by atoms with Crippen molar-refractivity contribution in [3.63, 3.8) is 0 Å². The van der Waals surface area contributed by atoms with Gasteiger partial charge < -0.3 is 5.11 Å². The average molecular weight is 173 g/mol. The van der Waals surface area contributed by atoms with Gasteiger partial charge in [-0.1, -0.05) is 11.6 Å². The molecule has 2 heteroatoms. The quantitative estimate of drug-likeness (QED) is 0.695. The zero-order valence-electron chi connectivity index (χ0n) is 7.49. The Balaban J connectivity index is 2.45. The maximum Gasteiger partial charge on any atom is 0.123 e. The number of allylic oxidation sites excluding steroid dienone is 1. The number of benzene rings is 1. The van der Waals surface area contributed by atoms with E-state index in [2.05, 4.69) is 4.99 Å². The molecule has 1 aliphatic heterocycles. The van der Waals surface area contributed by atoms with E-state index in [1.807, 2.05) is 25.3 Å². The van der Waals surface area contributed by atoms with Crippen molar-refractivity contribution in [2.24, 2.45) is 4.99 Å². The van der Waals surface area contributed by atoms with Gasteiger partial charge >= 0.3 is 0 Å². The zero-order valence-corrected chi connectivity index (χ0v) is 7.49. The van der Waals surface area contributed by atoms with Crippen LogP contribution in [0.4, 0.5) is 0 Å². The normalized spacial score (nSPS) is 14.7. The van der Waals surface area contributed by atoms with Crippen molar-refractivity contribution in [3.05, 3.63) is 35.5 Å². The van der Waals surface area contributed by atoms with E-state index in [1.165, 1.54) is 0 Å². The second kappa shape index (κ2) is 3.05. The van der Waals surface area contributed by atoms with Gasteiger partial charge in [0.15, 0.2) is 0 Å². The lowest BCUT2D eigenvalue weighted by Crippen LogP contribution is -1.84. The fourth-order valence-corrected chi connectivity index (χ4v) is 1.43. The lowest BCUT2D eigenvalue weighted by atomic mass is 10.0. The molecule has 13 heavy (non-hydrogen) atoms. The van der Waals surface area contributed by atoms with Crippen LogP contribution in [0.3, 0.4) is 0 Å². The molecule has 1 aromatic carbocycles. The number of hydrogen-bond acceptors (Lipinski definition) is 2. The molecule has 2 rings (SSSR count). The Labute approximate surface area is 77.3 Å². The molecular weight excluding hydrogens is 162 g/mol. The molecule has 0 saturated carbocycles. The summed E-state index contributed by atoms with van der Waals surface area (Å²) in [6.07, 6.45) is 4.46. The predicted octanol–water partition coefficient (Wildman–Crippen LogP) is 2.52. The number of phenols is 1. The summed E-state index contributed by atoms with van der Waals surface area (Å²) < 4.78 is 0. The Morgan fingerprint density at radius 1 is 1.38 bits per heavy atom. The van der Waals surface area contributed by atoms with E-state index in [9.17, 15) is 5.11 Å². The van der Waals surface area contributed by atoms with Gasteiger partial charge in [0.1, 0.15) is 5.75 Å². The summed E-state index contributed by atoms with van der Waals surface area (Å²) in [5.41, 5.74) is 3.14. The number of aliphatic imine (C=N–C) groups is 1. The summed E-state index contributed by atoms with van der Waals surface area (Å²) in [7, 11) is 0. The van der Waals surface area contributed by atoms with E-state index in [0.29, 0.717) is 5.75 Å². The Hall–Kier alpha value is -1.57. The van der Waals surface area contributed by atoms with Crippen LogP contribution in [0.5, 0.6) is 5.75 Å². The molecule has 1 N–H and O–H groups in total. The number of aryl methyl sites for hydroxylation is 1. The number of phenolic OH excluding ortho intramolecular Hbond substituents is 1. The van der Waals surface area contributed by atoms with Crippen molar-refractivity contribution in [3.8, 4) is 5.75 Å². The minimum Gasteiger partial charge on any atom is -0.507 e. The fourth-order valence-electron chi connectivity index (χ4n) is 1.43. The molecule has 0 atom stereocenters. The molecular formula is C11H11NO. The third kappa shape index (κ3) is 1.47. The first-order valence-electron chi connectivity index (χ1n) is 4.28. The Morgan fingerprint density at radius 3 is 2.92 bits per heavy atom. The third-order valence-corrected chi connectivity index (χ3v) is 2.14. The molecule has 0 amide bonds. The average Bonchev–Trinajstić information content (AvgIpc) is 2.61. The number of hydrogen-bond donors (Lipinski definition) is 1. The molecule has 2 nitrogen and oxygen atoms in total. The molecule has 1 heterocycles. The van der Waals surface area contributed by atoms with Gasteiger partial charge in [-0.3, -0.25) is 4.99 Å². The van der Waals surface area contributed by atoms with Gasteiger partial charge in [0.25, 0.3) is 0 Å². The lowest BCUT2D eigenvalue weighted by molar-refractivity contribution is 0.473. The van der Waals surface area contributed by atoms with Crippen LogP contribution in [-0.2, 0) is 0 Å². The number of aromatic hydroxyl groups is 1. The van der Waals surface area contributed by atoms with Crippen molar-refractivity contribution < 1.29 is 5.11 Å². The van der Waals surface area contributed by atoms with Crippen LogP contribution >= 0.6 is 0 Å². The van der Waals surface area contributed by atoms with E-state index >= 15 is 0 Å². The zero-order chi connectivity index (χ0) is 9.26. The minimum absolute atomic E-state index is 0.336. The van der Waals surface area contributed by atoms with Crippen molar-refractivity contribution in [2.75, 3.05) is 0 Å². The molecule has 1 aromatic rings. The van der Waals surface area contributed by atoms with E-state index in [1.54, 1.807) is 12.3 Å². The highest BCUT2D eigenvalue weighted by Gasteiger charge is 2.08. The molecule has 0 aliphatic carbocycles. The van der Waals surface area contributed by atoms with Crippen LogP contribution in [0.2, 0.25) is 0 Å². The molecule has 66 valence electrons. The Kier molecular flexibility index (Phi) is 1.89. The summed E-state index contributed by atoms with van der Waals surface area (Å²) >= 11 is 0. The van der Waals surface area contributed by atoms with Gasteiger partial charge in [-0.25, -0.2) is 0 Å². The summed E-state index contributed by atoms with van der Waals surface area (Å²) in [4.78, 5) is 4.01. The van der Waals surface area contributed by atoms with Crippen LogP contribution in [0.1, 0.15) is 17.5 Å².